The summed E-state index contributed by atoms with van der Waals surface area (Å²) in [5.74, 6) is -1.48. The minimum absolute atomic E-state index is 0.0453. The number of carboxylic acids is 1. The first-order chi connectivity index (χ1) is 18.5. The molecular formula is C29H38N4O6S. The predicted molar refractivity (Wildman–Crippen MR) is 154 cm³/mol. The Kier molecular flexibility index (Phi) is 9.10. The molecule has 0 saturated carbocycles. The second-order valence-corrected chi connectivity index (χ2v) is 12.9. The first-order valence-electron chi connectivity index (χ1n) is 13.1. The molecule has 40 heavy (non-hydrogen) atoms. The van der Waals surface area contributed by atoms with Gasteiger partial charge in [-0.25, -0.2) is 17.9 Å². The highest BCUT2D eigenvalue weighted by atomic mass is 32.2. The smallest absolute Gasteiger partial charge is 0.356 e. The van der Waals surface area contributed by atoms with Crippen molar-refractivity contribution in [2.75, 3.05) is 5.32 Å². The van der Waals surface area contributed by atoms with E-state index in [1.54, 1.807) is 26.0 Å². The van der Waals surface area contributed by atoms with Gasteiger partial charge in [-0.05, 0) is 74.9 Å². The van der Waals surface area contributed by atoms with Crippen LogP contribution in [-0.2, 0) is 14.8 Å². The quantitative estimate of drug-likeness (QED) is 0.282. The molecule has 11 heteroatoms. The van der Waals surface area contributed by atoms with Gasteiger partial charge in [0.05, 0.1) is 5.69 Å². The lowest BCUT2D eigenvalue weighted by molar-refractivity contribution is -0.117. The van der Waals surface area contributed by atoms with Crippen molar-refractivity contribution in [3.8, 4) is 17.3 Å². The van der Waals surface area contributed by atoms with Crippen LogP contribution in [0.5, 0.6) is 11.6 Å². The number of hydrogen-bond acceptors (Lipinski definition) is 6. The van der Waals surface area contributed by atoms with Crippen molar-refractivity contribution >= 4 is 27.6 Å². The Labute approximate surface area is 235 Å². The number of carbonyl (C=O) groups is 2. The molecule has 0 bridgehead atoms. The molecule has 0 unspecified atom stereocenters. The predicted octanol–water partition coefficient (Wildman–Crippen LogP) is 5.74. The zero-order valence-corrected chi connectivity index (χ0v) is 25.1. The van der Waals surface area contributed by atoms with Crippen molar-refractivity contribution < 1.29 is 27.9 Å². The van der Waals surface area contributed by atoms with Gasteiger partial charge in [0.2, 0.25) is 21.8 Å². The number of aromatic carboxylic acids is 1. The summed E-state index contributed by atoms with van der Waals surface area (Å²) in [4.78, 5) is 24.4. The van der Waals surface area contributed by atoms with Crippen LogP contribution in [0.2, 0.25) is 0 Å². The van der Waals surface area contributed by atoms with E-state index in [-0.39, 0.29) is 57.3 Å². The maximum Gasteiger partial charge on any atom is 0.356 e. The van der Waals surface area contributed by atoms with Crippen LogP contribution < -0.4 is 14.8 Å². The number of nitrogens with one attached hydrogen (secondary N) is 2. The minimum Gasteiger partial charge on any atom is -0.476 e. The number of benzene rings is 2. The molecule has 0 fully saturated rings. The van der Waals surface area contributed by atoms with Gasteiger partial charge in [0, 0.05) is 23.7 Å². The largest absolute Gasteiger partial charge is 0.476 e. The number of anilines is 1. The SMILES string of the molecule is CC[C@H](C)NS(=O)(=O)c1cc(NC(=O)CC(C)(C)C)ccc1Oc1c(C)c(C(=O)O)nn1-c1cccc(C)c1C. The average Bonchev–Trinajstić information content (AvgIpc) is 3.16. The highest BCUT2D eigenvalue weighted by molar-refractivity contribution is 7.89. The molecule has 0 aliphatic carbocycles. The Hall–Kier alpha value is -3.70. The normalized spacial score (nSPS) is 12.7. The Balaban J connectivity index is 2.18. The Morgan fingerprint density at radius 1 is 1.10 bits per heavy atom. The molecule has 0 radical (unpaired) electrons. The molecule has 0 aliphatic heterocycles. The summed E-state index contributed by atoms with van der Waals surface area (Å²) >= 11 is 0. The number of aryl methyl sites for hydroxylation is 1. The molecule has 3 rings (SSSR count). The number of sulfonamides is 1. The van der Waals surface area contributed by atoms with Crippen molar-refractivity contribution in [3.05, 3.63) is 58.8 Å². The molecule has 10 nitrogen and oxygen atoms in total. The molecule has 3 aromatic rings. The molecule has 1 aromatic heterocycles. The van der Waals surface area contributed by atoms with Crippen LogP contribution in [0.15, 0.2) is 41.3 Å². The third-order valence-corrected chi connectivity index (χ3v) is 8.07. The van der Waals surface area contributed by atoms with Crippen molar-refractivity contribution in [1.29, 1.82) is 0 Å². The van der Waals surface area contributed by atoms with Crippen molar-refractivity contribution in [2.24, 2.45) is 5.41 Å². The number of carboxylic acid groups (broad SMARTS) is 1. The van der Waals surface area contributed by atoms with E-state index in [4.69, 9.17) is 4.74 Å². The molecule has 0 saturated heterocycles. The average molecular weight is 571 g/mol. The standard InChI is InChI=1S/C29H38N4O6S/c1-9-18(3)32-40(37,38)24-15-21(30-25(34)16-29(6,7)8)13-14-23(24)39-27-20(5)26(28(35)36)31-33(27)22-12-10-11-17(2)19(22)4/h10-15,18,32H,9,16H2,1-8H3,(H,30,34)(H,35,36)/t18-/m0/s1. The van der Waals surface area contributed by atoms with Crippen molar-refractivity contribution in [1.82, 2.24) is 14.5 Å². The maximum absolute atomic E-state index is 13.5. The summed E-state index contributed by atoms with van der Waals surface area (Å²) in [6.07, 6.45) is 0.794. The van der Waals surface area contributed by atoms with Gasteiger partial charge in [0.15, 0.2) is 5.69 Å². The minimum atomic E-state index is -4.10. The van der Waals surface area contributed by atoms with Crippen LogP contribution in [0.4, 0.5) is 5.69 Å². The molecule has 2 aromatic carbocycles. The second-order valence-electron chi connectivity index (χ2n) is 11.2. The summed E-state index contributed by atoms with van der Waals surface area (Å²) in [5, 5.41) is 16.8. The van der Waals surface area contributed by atoms with E-state index in [1.807, 2.05) is 53.7 Å². The summed E-state index contributed by atoms with van der Waals surface area (Å²) in [7, 11) is -4.10. The zero-order valence-electron chi connectivity index (χ0n) is 24.2. The topological polar surface area (TPSA) is 140 Å². The first kappa shape index (κ1) is 30.8. The number of aromatic nitrogens is 2. The molecule has 1 amide bonds. The first-order valence-corrected chi connectivity index (χ1v) is 14.6. The highest BCUT2D eigenvalue weighted by Gasteiger charge is 2.28. The van der Waals surface area contributed by atoms with Crippen LogP contribution >= 0.6 is 0 Å². The van der Waals surface area contributed by atoms with Gasteiger partial charge >= 0.3 is 5.97 Å². The lowest BCUT2D eigenvalue weighted by Crippen LogP contribution is -2.32. The molecule has 216 valence electrons. The molecule has 1 atom stereocenters. The van der Waals surface area contributed by atoms with Crippen LogP contribution in [0, 0.1) is 26.2 Å². The van der Waals surface area contributed by atoms with Crippen LogP contribution in [0.1, 0.15) is 74.6 Å². The van der Waals surface area contributed by atoms with E-state index in [1.165, 1.54) is 16.8 Å². The number of ether oxygens (including phenoxy) is 1. The van der Waals surface area contributed by atoms with Crippen LogP contribution in [0.3, 0.4) is 0 Å². The number of carbonyl (C=O) groups excluding carboxylic acids is 1. The second kappa shape index (κ2) is 11.8. The van der Waals surface area contributed by atoms with E-state index >= 15 is 0 Å². The molecule has 1 heterocycles. The monoisotopic (exact) mass is 570 g/mol. The third kappa shape index (κ3) is 7.08. The van der Waals surface area contributed by atoms with Crippen molar-refractivity contribution in [2.45, 2.75) is 79.2 Å². The van der Waals surface area contributed by atoms with Gasteiger partial charge in [-0.3, -0.25) is 4.79 Å². The van der Waals surface area contributed by atoms with Gasteiger partial charge in [0.1, 0.15) is 10.6 Å². The number of nitrogens with zero attached hydrogens (tertiary/aromatic N) is 2. The summed E-state index contributed by atoms with van der Waals surface area (Å²) in [5.41, 5.74) is 2.46. The van der Waals surface area contributed by atoms with Crippen LogP contribution in [0.25, 0.3) is 5.69 Å². The van der Waals surface area contributed by atoms with E-state index in [0.717, 1.165) is 11.1 Å². The van der Waals surface area contributed by atoms with Gasteiger partial charge in [-0.15, -0.1) is 0 Å². The Morgan fingerprint density at radius 3 is 2.38 bits per heavy atom. The highest BCUT2D eigenvalue weighted by Crippen LogP contribution is 2.36. The van der Waals surface area contributed by atoms with E-state index in [2.05, 4.69) is 15.1 Å². The van der Waals surface area contributed by atoms with E-state index in [9.17, 15) is 23.1 Å². The molecule has 3 N–H and O–H groups in total. The summed E-state index contributed by atoms with van der Waals surface area (Å²) in [6, 6.07) is 9.49. The number of amides is 1. The summed E-state index contributed by atoms with van der Waals surface area (Å²) in [6.45, 7) is 14.8. The Bertz CT molecular complexity index is 1540. The number of rotatable bonds is 10. The van der Waals surface area contributed by atoms with Crippen LogP contribution in [-0.4, -0.2) is 41.2 Å². The fourth-order valence-electron chi connectivity index (χ4n) is 4.01. The van der Waals surface area contributed by atoms with Crippen molar-refractivity contribution in [3.63, 3.8) is 0 Å². The fraction of sp³-hybridized carbons (Fsp3) is 0.414. The van der Waals surface area contributed by atoms with E-state index in [0.29, 0.717) is 12.1 Å². The van der Waals surface area contributed by atoms with Gasteiger partial charge in [-0.1, -0.05) is 39.8 Å². The molecule has 0 spiro atoms. The Morgan fingerprint density at radius 2 is 1.77 bits per heavy atom. The van der Waals surface area contributed by atoms with Gasteiger partial charge in [0.25, 0.3) is 0 Å². The van der Waals surface area contributed by atoms with E-state index < -0.39 is 16.0 Å². The fourth-order valence-corrected chi connectivity index (χ4v) is 5.49. The molecular weight excluding hydrogens is 532 g/mol. The van der Waals surface area contributed by atoms with Gasteiger partial charge in [-0.2, -0.15) is 9.78 Å². The lowest BCUT2D eigenvalue weighted by atomic mass is 9.92. The number of hydrogen-bond donors (Lipinski definition) is 3. The third-order valence-electron chi connectivity index (χ3n) is 6.46. The van der Waals surface area contributed by atoms with Gasteiger partial charge < -0.3 is 15.2 Å². The molecule has 0 aliphatic rings. The maximum atomic E-state index is 13.5. The zero-order chi connectivity index (χ0) is 30.0. The summed E-state index contributed by atoms with van der Waals surface area (Å²) < 4.78 is 37.2. The lowest BCUT2D eigenvalue weighted by Gasteiger charge is -2.19.